The second-order valence-electron chi connectivity index (χ2n) is 2.50. The lowest BCUT2D eigenvalue weighted by atomic mass is 10.3. The molecular weight excluding hydrogens is 204 g/mol. The Morgan fingerprint density at radius 3 is 2.85 bits per heavy atom. The molecule has 1 aliphatic heterocycles. The number of furan rings is 1. The molecule has 1 aromatic rings. The van der Waals surface area contributed by atoms with Crippen LogP contribution in [-0.4, -0.2) is 17.3 Å². The minimum Gasteiger partial charge on any atom is -0.461 e. The third-order valence-electron chi connectivity index (χ3n) is 1.58. The Balaban J connectivity index is 2.10. The summed E-state index contributed by atoms with van der Waals surface area (Å²) < 4.78 is 6.09. The Morgan fingerprint density at radius 1 is 1.46 bits per heavy atom. The van der Waals surface area contributed by atoms with E-state index >= 15 is 0 Å². The van der Waals surface area contributed by atoms with Crippen molar-refractivity contribution in [3.05, 3.63) is 34.5 Å². The highest BCUT2D eigenvalue weighted by Crippen LogP contribution is 2.36. The zero-order chi connectivity index (χ0) is 9.10. The van der Waals surface area contributed by atoms with Crippen LogP contribution in [0.15, 0.2) is 33.1 Å². The number of carbonyl (C=O) groups is 1. The smallest absolute Gasteiger partial charge is 0.222 e. The lowest BCUT2D eigenvalue weighted by Crippen LogP contribution is -1.90. The first-order chi connectivity index (χ1) is 6.36. The van der Waals surface area contributed by atoms with E-state index in [0.717, 1.165) is 15.7 Å². The van der Waals surface area contributed by atoms with Gasteiger partial charge in [0.25, 0.3) is 0 Å². The number of thioether (sulfide) groups is 2. The third-order valence-corrected chi connectivity index (χ3v) is 4.17. The van der Waals surface area contributed by atoms with Gasteiger partial charge in [-0.2, -0.15) is 0 Å². The van der Waals surface area contributed by atoms with E-state index in [2.05, 4.69) is 0 Å². The number of allylic oxidation sites excluding steroid dienone is 1. The molecular formula is C9H8O2S2. The molecule has 2 heterocycles. The maximum absolute atomic E-state index is 11.5. The predicted octanol–water partition coefficient (Wildman–Crippen LogP) is 2.78. The fourth-order valence-corrected chi connectivity index (χ4v) is 3.29. The number of ketones is 1. The second-order valence-corrected chi connectivity index (χ2v) is 5.03. The summed E-state index contributed by atoms with van der Waals surface area (Å²) in [5.74, 6) is 2.58. The minimum absolute atomic E-state index is 0.0399. The molecule has 68 valence electrons. The molecule has 1 aliphatic rings. The maximum atomic E-state index is 11.5. The van der Waals surface area contributed by atoms with Crippen molar-refractivity contribution < 1.29 is 9.21 Å². The molecule has 0 aliphatic carbocycles. The number of hydrogen-bond donors (Lipinski definition) is 0. The molecule has 0 spiro atoms. The van der Waals surface area contributed by atoms with Crippen molar-refractivity contribution in [3.8, 4) is 0 Å². The van der Waals surface area contributed by atoms with Gasteiger partial charge in [0.1, 0.15) is 0 Å². The summed E-state index contributed by atoms with van der Waals surface area (Å²) in [7, 11) is 0. The van der Waals surface area contributed by atoms with E-state index in [1.54, 1.807) is 41.7 Å². The van der Waals surface area contributed by atoms with Gasteiger partial charge in [-0.15, -0.1) is 23.5 Å². The van der Waals surface area contributed by atoms with E-state index in [0.29, 0.717) is 5.76 Å². The molecule has 1 saturated heterocycles. The minimum atomic E-state index is -0.0399. The van der Waals surface area contributed by atoms with Crippen molar-refractivity contribution in [1.82, 2.24) is 0 Å². The average molecular weight is 212 g/mol. The summed E-state index contributed by atoms with van der Waals surface area (Å²) in [6.45, 7) is 0. The molecule has 0 atom stereocenters. The van der Waals surface area contributed by atoms with Crippen LogP contribution < -0.4 is 0 Å². The van der Waals surface area contributed by atoms with E-state index in [1.165, 1.54) is 6.26 Å². The summed E-state index contributed by atoms with van der Waals surface area (Å²) in [5.41, 5.74) is 0. The SMILES string of the molecule is O=C(C=C1SCCS1)c1ccco1. The fourth-order valence-electron chi connectivity index (χ4n) is 1.01. The van der Waals surface area contributed by atoms with Gasteiger partial charge < -0.3 is 4.42 Å². The number of rotatable bonds is 2. The van der Waals surface area contributed by atoms with Crippen molar-refractivity contribution in [2.45, 2.75) is 0 Å². The summed E-state index contributed by atoms with van der Waals surface area (Å²) in [6.07, 6.45) is 3.17. The van der Waals surface area contributed by atoms with Gasteiger partial charge in [-0.05, 0) is 12.1 Å². The molecule has 0 radical (unpaired) electrons. The van der Waals surface area contributed by atoms with Gasteiger partial charge in [-0.25, -0.2) is 0 Å². The summed E-state index contributed by atoms with van der Waals surface area (Å²) in [5, 5.41) is 0. The fraction of sp³-hybridized carbons (Fsp3) is 0.222. The topological polar surface area (TPSA) is 30.2 Å². The van der Waals surface area contributed by atoms with Gasteiger partial charge >= 0.3 is 0 Å². The van der Waals surface area contributed by atoms with Gasteiger partial charge in [0.05, 0.1) is 6.26 Å². The molecule has 0 N–H and O–H groups in total. The molecule has 0 unspecified atom stereocenters. The Bertz CT molecular complexity index is 319. The molecule has 1 fully saturated rings. The Labute approximate surface area is 84.8 Å². The number of hydrogen-bond acceptors (Lipinski definition) is 4. The van der Waals surface area contributed by atoms with Gasteiger partial charge in [0, 0.05) is 21.8 Å². The van der Waals surface area contributed by atoms with E-state index in [9.17, 15) is 4.79 Å². The van der Waals surface area contributed by atoms with Gasteiger partial charge in [-0.3, -0.25) is 4.79 Å². The van der Waals surface area contributed by atoms with E-state index in [-0.39, 0.29) is 5.78 Å². The van der Waals surface area contributed by atoms with Crippen molar-refractivity contribution in [2.75, 3.05) is 11.5 Å². The molecule has 4 heteroatoms. The third kappa shape index (κ3) is 2.19. The van der Waals surface area contributed by atoms with Crippen LogP contribution in [0.3, 0.4) is 0 Å². The van der Waals surface area contributed by atoms with Gasteiger partial charge in [-0.1, -0.05) is 0 Å². The molecule has 0 aromatic carbocycles. The quantitative estimate of drug-likeness (QED) is 0.557. The second kappa shape index (κ2) is 4.07. The summed E-state index contributed by atoms with van der Waals surface area (Å²) >= 11 is 3.46. The van der Waals surface area contributed by atoms with Crippen molar-refractivity contribution in [2.24, 2.45) is 0 Å². The van der Waals surface area contributed by atoms with Crippen LogP contribution in [0.4, 0.5) is 0 Å². The monoisotopic (exact) mass is 212 g/mol. The lowest BCUT2D eigenvalue weighted by Gasteiger charge is -1.91. The highest BCUT2D eigenvalue weighted by atomic mass is 32.2. The lowest BCUT2D eigenvalue weighted by molar-refractivity contribution is 0.102. The Kier molecular flexibility index (Phi) is 2.80. The van der Waals surface area contributed by atoms with Crippen LogP contribution in [-0.2, 0) is 0 Å². The largest absolute Gasteiger partial charge is 0.461 e. The standard InChI is InChI=1S/C9H8O2S2/c10-7(8-2-1-3-11-8)6-9-12-4-5-13-9/h1-3,6H,4-5H2. The van der Waals surface area contributed by atoms with Crippen molar-refractivity contribution in [1.29, 1.82) is 0 Å². The van der Waals surface area contributed by atoms with Gasteiger partial charge in [0.2, 0.25) is 5.78 Å². The van der Waals surface area contributed by atoms with Crippen molar-refractivity contribution >= 4 is 29.3 Å². The normalized spacial score (nSPS) is 16.2. The summed E-state index contributed by atoms with van der Waals surface area (Å²) in [6, 6.07) is 3.41. The maximum Gasteiger partial charge on any atom is 0.222 e. The van der Waals surface area contributed by atoms with Crippen LogP contribution in [0.25, 0.3) is 0 Å². The Morgan fingerprint density at radius 2 is 2.23 bits per heavy atom. The first-order valence-corrected chi connectivity index (χ1v) is 5.88. The average Bonchev–Trinajstić information content (AvgIpc) is 2.74. The predicted molar refractivity (Wildman–Crippen MR) is 56.0 cm³/mol. The molecule has 1 aromatic heterocycles. The molecule has 13 heavy (non-hydrogen) atoms. The molecule has 2 nitrogen and oxygen atoms in total. The highest BCUT2D eigenvalue weighted by Gasteiger charge is 2.12. The van der Waals surface area contributed by atoms with E-state index in [4.69, 9.17) is 4.42 Å². The zero-order valence-corrected chi connectivity index (χ0v) is 8.49. The summed E-state index contributed by atoms with van der Waals surface area (Å²) in [4.78, 5) is 11.5. The van der Waals surface area contributed by atoms with Crippen LogP contribution in [0.1, 0.15) is 10.6 Å². The van der Waals surface area contributed by atoms with Crippen molar-refractivity contribution in [3.63, 3.8) is 0 Å². The molecule has 2 rings (SSSR count). The van der Waals surface area contributed by atoms with Gasteiger partial charge in [0.15, 0.2) is 5.76 Å². The number of carbonyl (C=O) groups excluding carboxylic acids is 1. The first-order valence-electron chi connectivity index (χ1n) is 3.91. The highest BCUT2D eigenvalue weighted by molar-refractivity contribution is 8.25. The van der Waals surface area contributed by atoms with Crippen LogP contribution in [0.2, 0.25) is 0 Å². The van der Waals surface area contributed by atoms with Crippen LogP contribution >= 0.6 is 23.5 Å². The molecule has 0 bridgehead atoms. The molecule has 0 amide bonds. The van der Waals surface area contributed by atoms with Crippen LogP contribution in [0.5, 0.6) is 0 Å². The molecule has 0 saturated carbocycles. The Hall–Kier alpha value is -0.610. The van der Waals surface area contributed by atoms with Crippen LogP contribution in [0, 0.1) is 0 Å². The first kappa shape index (κ1) is 8.97. The zero-order valence-electron chi connectivity index (χ0n) is 6.86. The van der Waals surface area contributed by atoms with E-state index in [1.807, 2.05) is 0 Å². The van der Waals surface area contributed by atoms with E-state index < -0.39 is 0 Å².